The maximum atomic E-state index is 13.6. The van der Waals surface area contributed by atoms with Crippen molar-refractivity contribution in [2.45, 2.75) is 82.2 Å². The van der Waals surface area contributed by atoms with E-state index >= 15 is 0 Å². The molecule has 0 spiro atoms. The van der Waals surface area contributed by atoms with Gasteiger partial charge in [0.1, 0.15) is 5.75 Å². The number of nitrogens with two attached hydrogens (primary N) is 1. The molecule has 3 aliphatic rings. The van der Waals surface area contributed by atoms with Crippen LogP contribution in [0.5, 0.6) is 5.75 Å². The number of carbonyl (C=O) groups is 3. The molecule has 5 rings (SSSR count). The van der Waals surface area contributed by atoms with Gasteiger partial charge in [-0.25, -0.2) is 4.99 Å². The minimum absolute atomic E-state index is 0.104. The van der Waals surface area contributed by atoms with E-state index in [1.807, 2.05) is 38.1 Å². The third kappa shape index (κ3) is 5.05. The SMILES string of the molecule is CCC1(CC)CC(=O)N(C2CC(C(=O)N(C)C)Oc3ccc(C(=O)N[C@@H]4c5ccccc5C[C@@]4(C)O)cc32)C(N)=N1. The minimum atomic E-state index is -1.14. The summed E-state index contributed by atoms with van der Waals surface area (Å²) in [5.74, 6) is -0.279. The number of nitrogens with one attached hydrogen (secondary N) is 1. The van der Waals surface area contributed by atoms with E-state index < -0.39 is 29.3 Å². The number of nitrogens with zero attached hydrogens (tertiary/aromatic N) is 3. The maximum absolute atomic E-state index is 13.6. The van der Waals surface area contributed by atoms with Crippen molar-refractivity contribution >= 4 is 23.7 Å². The number of ether oxygens (including phenoxy) is 1. The van der Waals surface area contributed by atoms with Crippen molar-refractivity contribution in [3.05, 3.63) is 64.7 Å². The van der Waals surface area contributed by atoms with Gasteiger partial charge in [-0.15, -0.1) is 0 Å². The summed E-state index contributed by atoms with van der Waals surface area (Å²) in [6, 6.07) is 11.4. The number of benzene rings is 2. The molecule has 0 radical (unpaired) electrons. The van der Waals surface area contributed by atoms with Crippen LogP contribution in [0.25, 0.3) is 0 Å². The van der Waals surface area contributed by atoms with Gasteiger partial charge in [-0.3, -0.25) is 19.3 Å². The van der Waals surface area contributed by atoms with Crippen molar-refractivity contribution in [3.63, 3.8) is 0 Å². The van der Waals surface area contributed by atoms with Gasteiger partial charge >= 0.3 is 0 Å². The molecule has 10 nitrogen and oxygen atoms in total. The maximum Gasteiger partial charge on any atom is 0.263 e. The number of aliphatic hydroxyl groups is 1. The van der Waals surface area contributed by atoms with Gasteiger partial charge in [0, 0.05) is 38.1 Å². The highest BCUT2D eigenvalue weighted by molar-refractivity contribution is 6.00. The van der Waals surface area contributed by atoms with Gasteiger partial charge in [-0.1, -0.05) is 38.1 Å². The monoisotopic (exact) mass is 561 g/mol. The van der Waals surface area contributed by atoms with Crippen molar-refractivity contribution in [2.75, 3.05) is 14.1 Å². The van der Waals surface area contributed by atoms with E-state index in [9.17, 15) is 19.5 Å². The summed E-state index contributed by atoms with van der Waals surface area (Å²) in [6.07, 6.45) is 1.31. The smallest absolute Gasteiger partial charge is 0.263 e. The molecule has 2 unspecified atom stereocenters. The molecular weight excluding hydrogens is 522 g/mol. The Morgan fingerprint density at radius 3 is 2.51 bits per heavy atom. The van der Waals surface area contributed by atoms with Gasteiger partial charge in [0.2, 0.25) is 5.91 Å². The number of rotatable bonds is 6. The lowest BCUT2D eigenvalue weighted by molar-refractivity contribution is -0.140. The van der Waals surface area contributed by atoms with Gasteiger partial charge in [0.25, 0.3) is 11.8 Å². The van der Waals surface area contributed by atoms with E-state index in [1.165, 1.54) is 9.80 Å². The minimum Gasteiger partial charge on any atom is -0.480 e. The summed E-state index contributed by atoms with van der Waals surface area (Å²) in [6.45, 7) is 5.70. The highest BCUT2D eigenvalue weighted by Crippen LogP contribution is 2.43. The Hall–Kier alpha value is -3.92. The molecule has 218 valence electrons. The van der Waals surface area contributed by atoms with Crippen molar-refractivity contribution in [1.82, 2.24) is 15.1 Å². The number of likely N-dealkylation sites (N-methyl/N-ethyl adjacent to an activating group) is 1. The Balaban J connectivity index is 1.51. The number of guanidine groups is 1. The molecule has 0 fully saturated rings. The van der Waals surface area contributed by atoms with Crippen LogP contribution in [0.4, 0.5) is 0 Å². The second-order valence-corrected chi connectivity index (χ2v) is 11.8. The third-order valence-electron chi connectivity index (χ3n) is 8.84. The van der Waals surface area contributed by atoms with E-state index in [-0.39, 0.29) is 36.5 Å². The van der Waals surface area contributed by atoms with E-state index in [4.69, 9.17) is 15.5 Å². The zero-order valence-electron chi connectivity index (χ0n) is 24.3. The average molecular weight is 562 g/mol. The van der Waals surface area contributed by atoms with E-state index in [1.54, 1.807) is 39.2 Å². The number of hydrogen-bond donors (Lipinski definition) is 3. The molecule has 0 aromatic heterocycles. The highest BCUT2D eigenvalue weighted by Gasteiger charge is 2.45. The van der Waals surface area contributed by atoms with Gasteiger partial charge in [0.15, 0.2) is 12.1 Å². The highest BCUT2D eigenvalue weighted by atomic mass is 16.5. The number of fused-ring (bicyclic) bond motifs is 2. The second kappa shape index (κ2) is 10.5. The van der Waals surface area contributed by atoms with Crippen molar-refractivity contribution < 1.29 is 24.2 Å². The first-order chi connectivity index (χ1) is 19.4. The first-order valence-corrected chi connectivity index (χ1v) is 14.2. The predicted molar refractivity (Wildman–Crippen MR) is 154 cm³/mol. The Bertz CT molecular complexity index is 1410. The summed E-state index contributed by atoms with van der Waals surface area (Å²) < 4.78 is 6.10. The summed E-state index contributed by atoms with van der Waals surface area (Å²) in [7, 11) is 3.30. The van der Waals surface area contributed by atoms with Gasteiger partial charge < -0.3 is 25.8 Å². The quantitative estimate of drug-likeness (QED) is 0.496. The summed E-state index contributed by atoms with van der Waals surface area (Å²) in [4.78, 5) is 47.8. The first kappa shape index (κ1) is 28.6. The average Bonchev–Trinajstić information content (AvgIpc) is 3.20. The number of aliphatic imine (C=N–C) groups is 1. The predicted octanol–water partition coefficient (Wildman–Crippen LogP) is 2.85. The Morgan fingerprint density at radius 1 is 1.15 bits per heavy atom. The first-order valence-electron chi connectivity index (χ1n) is 14.2. The standard InChI is InChI=1S/C31H39N5O5/c1-6-31(7-2)17-25(37)36(29(32)34-31)22-15-24(28(39)35(4)5)41-23-13-12-18(14-21(22)23)27(38)33-26-20-11-9-8-10-19(20)16-30(26,3)40/h8-14,22,24,26,40H,6-7,15-17H2,1-5H3,(H2,32,34)(H,33,38)/t22?,24?,26-,30-/m1/s1. The molecule has 2 aromatic rings. The van der Waals surface area contributed by atoms with E-state index in [2.05, 4.69) is 5.32 Å². The number of carbonyl (C=O) groups excluding carboxylic acids is 3. The van der Waals surface area contributed by atoms with Crippen LogP contribution in [-0.2, 0) is 16.0 Å². The van der Waals surface area contributed by atoms with Crippen LogP contribution in [0, 0.1) is 0 Å². The lowest BCUT2D eigenvalue weighted by Crippen LogP contribution is -2.54. The van der Waals surface area contributed by atoms with Crippen LogP contribution in [0.15, 0.2) is 47.5 Å². The lowest BCUT2D eigenvalue weighted by Gasteiger charge is -2.43. The third-order valence-corrected chi connectivity index (χ3v) is 8.84. The zero-order chi connectivity index (χ0) is 29.7. The van der Waals surface area contributed by atoms with Crippen LogP contribution in [0.2, 0.25) is 0 Å². The van der Waals surface area contributed by atoms with Crippen LogP contribution < -0.4 is 15.8 Å². The summed E-state index contributed by atoms with van der Waals surface area (Å²) >= 11 is 0. The normalized spacial score (nSPS) is 26.4. The van der Waals surface area contributed by atoms with E-state index in [0.29, 0.717) is 36.1 Å². The number of amides is 3. The lowest BCUT2D eigenvalue weighted by atomic mass is 9.86. The van der Waals surface area contributed by atoms with Gasteiger partial charge in [-0.2, -0.15) is 0 Å². The molecule has 2 aromatic carbocycles. The molecule has 10 heteroatoms. The fraction of sp³-hybridized carbons (Fsp3) is 0.484. The summed E-state index contributed by atoms with van der Waals surface area (Å²) in [5.41, 5.74) is 7.55. The molecule has 2 aliphatic heterocycles. The van der Waals surface area contributed by atoms with Crippen LogP contribution >= 0.6 is 0 Å². The Kier molecular flexibility index (Phi) is 7.31. The molecule has 1 aliphatic carbocycles. The van der Waals surface area contributed by atoms with Gasteiger partial charge in [0.05, 0.1) is 29.6 Å². The largest absolute Gasteiger partial charge is 0.480 e. The molecule has 4 N–H and O–H groups in total. The fourth-order valence-electron chi connectivity index (χ4n) is 6.34. The van der Waals surface area contributed by atoms with E-state index in [0.717, 1.165) is 11.1 Å². The molecule has 0 bridgehead atoms. The molecule has 4 atom stereocenters. The van der Waals surface area contributed by atoms with Crippen LogP contribution in [0.3, 0.4) is 0 Å². The second-order valence-electron chi connectivity index (χ2n) is 11.8. The molecule has 41 heavy (non-hydrogen) atoms. The molecule has 3 amide bonds. The van der Waals surface area contributed by atoms with Crippen molar-refractivity contribution in [2.24, 2.45) is 10.7 Å². The number of hydrogen-bond acceptors (Lipinski definition) is 7. The fourth-order valence-corrected chi connectivity index (χ4v) is 6.34. The van der Waals surface area contributed by atoms with Crippen LogP contribution in [-0.4, -0.2) is 69.9 Å². The van der Waals surface area contributed by atoms with Crippen molar-refractivity contribution in [3.8, 4) is 5.75 Å². The van der Waals surface area contributed by atoms with Crippen LogP contribution in [0.1, 0.15) is 85.6 Å². The molecule has 2 heterocycles. The van der Waals surface area contributed by atoms with Gasteiger partial charge in [-0.05, 0) is 49.1 Å². The molecular formula is C31H39N5O5. The Morgan fingerprint density at radius 2 is 1.85 bits per heavy atom. The zero-order valence-corrected chi connectivity index (χ0v) is 24.3. The molecule has 0 saturated carbocycles. The summed E-state index contributed by atoms with van der Waals surface area (Å²) in [5, 5.41) is 14.1. The van der Waals surface area contributed by atoms with Crippen molar-refractivity contribution in [1.29, 1.82) is 0 Å². The topological polar surface area (TPSA) is 138 Å². The Labute approximate surface area is 240 Å². The molecule has 0 saturated heterocycles.